The number of phenolic OH excluding ortho intramolecular Hbond substituents is 2. The molecule has 3 aromatic carbocycles. The van der Waals surface area contributed by atoms with Crippen LogP contribution in [0, 0.1) is 0 Å². The number of phenols is 2. The van der Waals surface area contributed by atoms with Gasteiger partial charge >= 0.3 is 0 Å². The summed E-state index contributed by atoms with van der Waals surface area (Å²) in [5.41, 5.74) is 3.07. The number of nitrogens with zero attached hydrogens (tertiary/aromatic N) is 3. The molecule has 1 heterocycles. The summed E-state index contributed by atoms with van der Waals surface area (Å²) in [5.74, 6) is 0.992. The first kappa shape index (κ1) is 21.5. The quantitative estimate of drug-likeness (QED) is 0.252. The molecule has 5 nitrogen and oxygen atoms in total. The number of aryl methyl sites for hydroxylation is 1. The topological polar surface area (TPSA) is 79.1 Å². The number of aromatic hydroxyl groups is 2. The lowest BCUT2D eigenvalue weighted by molar-refractivity contribution is 0.404. The molecule has 0 aliphatic rings. The predicted molar refractivity (Wildman–Crippen MR) is 127 cm³/mol. The normalized spacial score (nSPS) is 10.9. The maximum Gasteiger partial charge on any atom is 0.168 e. The predicted octanol–water partition coefficient (Wildman–Crippen LogP) is 6.41. The van der Waals surface area contributed by atoms with E-state index in [9.17, 15) is 10.2 Å². The van der Waals surface area contributed by atoms with Crippen molar-refractivity contribution in [1.82, 2.24) is 15.0 Å². The van der Waals surface area contributed by atoms with E-state index in [0.29, 0.717) is 23.0 Å². The summed E-state index contributed by atoms with van der Waals surface area (Å²) >= 11 is 0. The van der Waals surface area contributed by atoms with Gasteiger partial charge in [-0.1, -0.05) is 86.8 Å². The Morgan fingerprint density at radius 3 is 1.78 bits per heavy atom. The van der Waals surface area contributed by atoms with E-state index in [1.807, 2.05) is 66.7 Å². The summed E-state index contributed by atoms with van der Waals surface area (Å²) in [4.78, 5) is 14.0. The Morgan fingerprint density at radius 2 is 1.22 bits per heavy atom. The Labute approximate surface area is 188 Å². The standard InChI is InChI=1S/C27H27N3O2/c1-2-3-4-7-12-19-17-22(24(32)23(31)18-19)27-29-25(20-13-8-5-9-14-20)28-26(30-27)21-15-10-6-11-16-21/h5-6,8-11,13-18,31-32H,2-4,7,12H2,1H3. The number of benzene rings is 3. The minimum atomic E-state index is -0.216. The van der Waals surface area contributed by atoms with Crippen molar-refractivity contribution >= 4 is 0 Å². The molecule has 0 aliphatic heterocycles. The van der Waals surface area contributed by atoms with Crippen LogP contribution in [0.5, 0.6) is 11.5 Å². The van der Waals surface area contributed by atoms with Crippen LogP contribution in [0.25, 0.3) is 34.2 Å². The SMILES string of the molecule is CCCCCCc1cc(O)c(O)c(-c2nc(-c3ccccc3)nc(-c3ccccc3)n2)c1. The maximum atomic E-state index is 10.7. The van der Waals surface area contributed by atoms with E-state index in [1.54, 1.807) is 6.07 Å². The number of hydrogen-bond acceptors (Lipinski definition) is 5. The van der Waals surface area contributed by atoms with Gasteiger partial charge in [-0.25, -0.2) is 15.0 Å². The average molecular weight is 426 g/mol. The molecule has 0 saturated carbocycles. The summed E-state index contributed by atoms with van der Waals surface area (Å²) in [5, 5.41) is 21.1. The summed E-state index contributed by atoms with van der Waals surface area (Å²) in [6, 6.07) is 22.9. The Morgan fingerprint density at radius 1 is 0.656 bits per heavy atom. The fourth-order valence-corrected chi connectivity index (χ4v) is 3.68. The summed E-state index contributed by atoms with van der Waals surface area (Å²) in [6.45, 7) is 2.18. The lowest BCUT2D eigenvalue weighted by atomic mass is 10.0. The molecule has 0 bridgehead atoms. The van der Waals surface area contributed by atoms with Gasteiger partial charge in [-0.2, -0.15) is 0 Å². The molecule has 1 aromatic heterocycles. The van der Waals surface area contributed by atoms with Crippen molar-refractivity contribution in [2.24, 2.45) is 0 Å². The van der Waals surface area contributed by atoms with Crippen LogP contribution >= 0.6 is 0 Å². The van der Waals surface area contributed by atoms with E-state index < -0.39 is 0 Å². The minimum absolute atomic E-state index is 0.157. The van der Waals surface area contributed by atoms with Gasteiger partial charge in [-0.3, -0.25) is 0 Å². The van der Waals surface area contributed by atoms with Gasteiger partial charge in [0.25, 0.3) is 0 Å². The summed E-state index contributed by atoms with van der Waals surface area (Å²) in [6.07, 6.45) is 5.34. The number of rotatable bonds is 8. The fourth-order valence-electron chi connectivity index (χ4n) is 3.68. The van der Waals surface area contributed by atoms with Gasteiger partial charge in [0.1, 0.15) is 0 Å². The Hall–Kier alpha value is -3.73. The van der Waals surface area contributed by atoms with E-state index in [1.165, 1.54) is 12.8 Å². The van der Waals surface area contributed by atoms with Crippen LogP contribution in [0.1, 0.15) is 38.2 Å². The van der Waals surface area contributed by atoms with E-state index >= 15 is 0 Å². The van der Waals surface area contributed by atoms with E-state index in [4.69, 9.17) is 0 Å². The number of hydrogen-bond donors (Lipinski definition) is 2. The van der Waals surface area contributed by atoms with Crippen LogP contribution in [-0.2, 0) is 6.42 Å². The third-order valence-corrected chi connectivity index (χ3v) is 5.41. The Bertz CT molecular complexity index is 1120. The lowest BCUT2D eigenvalue weighted by Gasteiger charge is -2.12. The van der Waals surface area contributed by atoms with Crippen molar-refractivity contribution in [3.63, 3.8) is 0 Å². The van der Waals surface area contributed by atoms with Gasteiger partial charge in [0.05, 0.1) is 5.56 Å². The molecule has 0 unspecified atom stereocenters. The van der Waals surface area contributed by atoms with Crippen molar-refractivity contribution in [1.29, 1.82) is 0 Å². The molecule has 0 radical (unpaired) electrons. The van der Waals surface area contributed by atoms with Crippen molar-refractivity contribution in [2.45, 2.75) is 39.0 Å². The van der Waals surface area contributed by atoms with Gasteiger partial charge in [0, 0.05) is 11.1 Å². The maximum absolute atomic E-state index is 10.7. The van der Waals surface area contributed by atoms with Crippen LogP contribution in [0.2, 0.25) is 0 Å². The van der Waals surface area contributed by atoms with Crippen LogP contribution < -0.4 is 0 Å². The van der Waals surface area contributed by atoms with Gasteiger partial charge in [0.15, 0.2) is 29.0 Å². The zero-order valence-electron chi connectivity index (χ0n) is 18.2. The van der Waals surface area contributed by atoms with Gasteiger partial charge in [-0.05, 0) is 30.5 Å². The molecule has 32 heavy (non-hydrogen) atoms. The first-order valence-electron chi connectivity index (χ1n) is 11.1. The molecule has 5 heteroatoms. The van der Waals surface area contributed by atoms with Crippen molar-refractivity contribution in [3.05, 3.63) is 78.4 Å². The number of unbranched alkanes of at least 4 members (excludes halogenated alkanes) is 3. The molecular weight excluding hydrogens is 398 g/mol. The Kier molecular flexibility index (Phi) is 6.75. The van der Waals surface area contributed by atoms with E-state index in [-0.39, 0.29) is 11.5 Å². The molecule has 0 atom stereocenters. The third kappa shape index (κ3) is 4.94. The molecule has 0 saturated heterocycles. The largest absolute Gasteiger partial charge is 0.504 e. The second-order valence-electron chi connectivity index (χ2n) is 7.86. The zero-order valence-corrected chi connectivity index (χ0v) is 18.2. The monoisotopic (exact) mass is 425 g/mol. The highest BCUT2D eigenvalue weighted by molar-refractivity contribution is 5.72. The van der Waals surface area contributed by atoms with E-state index in [2.05, 4.69) is 21.9 Å². The minimum Gasteiger partial charge on any atom is -0.504 e. The smallest absolute Gasteiger partial charge is 0.168 e. The molecule has 4 aromatic rings. The van der Waals surface area contributed by atoms with Gasteiger partial charge < -0.3 is 10.2 Å². The highest BCUT2D eigenvalue weighted by atomic mass is 16.3. The molecule has 0 aliphatic carbocycles. The van der Waals surface area contributed by atoms with Gasteiger partial charge in [-0.15, -0.1) is 0 Å². The molecule has 0 fully saturated rings. The summed E-state index contributed by atoms with van der Waals surface area (Å²) < 4.78 is 0. The van der Waals surface area contributed by atoms with Crippen molar-refractivity contribution in [3.8, 4) is 45.7 Å². The first-order valence-corrected chi connectivity index (χ1v) is 11.1. The fraction of sp³-hybridized carbons (Fsp3) is 0.222. The second kappa shape index (κ2) is 10.1. The second-order valence-corrected chi connectivity index (χ2v) is 7.86. The van der Waals surface area contributed by atoms with Crippen molar-refractivity contribution in [2.75, 3.05) is 0 Å². The molecular formula is C27H27N3O2. The summed E-state index contributed by atoms with van der Waals surface area (Å²) in [7, 11) is 0. The van der Waals surface area contributed by atoms with Gasteiger partial charge in [0.2, 0.25) is 0 Å². The Balaban J connectivity index is 1.81. The highest BCUT2D eigenvalue weighted by Gasteiger charge is 2.17. The highest BCUT2D eigenvalue weighted by Crippen LogP contribution is 2.37. The molecule has 162 valence electrons. The van der Waals surface area contributed by atoms with Crippen LogP contribution in [0.4, 0.5) is 0 Å². The van der Waals surface area contributed by atoms with Crippen LogP contribution in [-0.4, -0.2) is 25.2 Å². The average Bonchev–Trinajstić information content (AvgIpc) is 2.84. The van der Waals surface area contributed by atoms with E-state index in [0.717, 1.165) is 36.0 Å². The van der Waals surface area contributed by atoms with Crippen LogP contribution in [0.15, 0.2) is 72.8 Å². The first-order chi connectivity index (χ1) is 15.7. The zero-order chi connectivity index (χ0) is 22.3. The lowest BCUT2D eigenvalue weighted by Crippen LogP contribution is -2.01. The third-order valence-electron chi connectivity index (χ3n) is 5.41. The number of aromatic nitrogens is 3. The molecule has 4 rings (SSSR count). The molecule has 0 amide bonds. The molecule has 0 spiro atoms. The van der Waals surface area contributed by atoms with Crippen molar-refractivity contribution < 1.29 is 10.2 Å². The van der Waals surface area contributed by atoms with Crippen LogP contribution in [0.3, 0.4) is 0 Å². The molecule has 2 N–H and O–H groups in total.